The Hall–Kier alpha value is -1.18. The molecule has 0 aromatic rings. The maximum absolute atomic E-state index is 5.47. The first-order valence-corrected chi connectivity index (χ1v) is 6.13. The summed E-state index contributed by atoms with van der Waals surface area (Å²) in [5.74, 6) is 0.918. The summed E-state index contributed by atoms with van der Waals surface area (Å²) in [5.41, 5.74) is 1.07. The molecule has 0 atom stereocenters. The average Bonchev–Trinajstić information content (AvgIpc) is 2.35. The first kappa shape index (κ1) is 17.2. The lowest BCUT2D eigenvalue weighted by atomic mass is 10.2. The van der Waals surface area contributed by atoms with Crippen molar-refractivity contribution < 1.29 is 4.74 Å². The van der Waals surface area contributed by atoms with Crippen LogP contribution in [0, 0.1) is 0 Å². The first-order valence-electron chi connectivity index (χ1n) is 6.13. The number of ether oxygens (including phenoxy) is 1. The Morgan fingerprint density at radius 2 is 1.81 bits per heavy atom. The number of likely N-dealkylation sites (N-methyl/N-ethyl adjacent to an activating group) is 1. The van der Waals surface area contributed by atoms with Gasteiger partial charge in [0, 0.05) is 7.05 Å². The number of hydrogen-bond donors (Lipinski definition) is 0. The molecule has 1 aliphatic heterocycles. The van der Waals surface area contributed by atoms with Gasteiger partial charge < -0.3 is 9.64 Å². The highest BCUT2D eigenvalue weighted by atomic mass is 16.5. The molecule has 0 bridgehead atoms. The van der Waals surface area contributed by atoms with Crippen LogP contribution in [0.2, 0.25) is 0 Å². The summed E-state index contributed by atoms with van der Waals surface area (Å²) in [4.78, 5) is 2.14. The van der Waals surface area contributed by atoms with E-state index in [9.17, 15) is 0 Å². The minimum absolute atomic E-state index is 0.757. The van der Waals surface area contributed by atoms with E-state index in [1.54, 1.807) is 0 Å². The van der Waals surface area contributed by atoms with Gasteiger partial charge in [-0.2, -0.15) is 0 Å². The van der Waals surface area contributed by atoms with Gasteiger partial charge in [-0.05, 0) is 19.1 Å². The summed E-state index contributed by atoms with van der Waals surface area (Å²) < 4.78 is 5.47. The molecule has 16 heavy (non-hydrogen) atoms. The van der Waals surface area contributed by atoms with Crippen LogP contribution >= 0.6 is 0 Å². The van der Waals surface area contributed by atoms with Gasteiger partial charge in [-0.15, -0.1) is 0 Å². The molecular formula is C14H27NO. The van der Waals surface area contributed by atoms with Crippen LogP contribution < -0.4 is 0 Å². The Bertz CT molecular complexity index is 229. The van der Waals surface area contributed by atoms with E-state index in [-0.39, 0.29) is 0 Å². The fraction of sp³-hybridized carbons (Fsp3) is 0.571. The van der Waals surface area contributed by atoms with Crippen molar-refractivity contribution in [3.05, 3.63) is 36.3 Å². The second-order valence-corrected chi connectivity index (χ2v) is 2.72. The highest BCUT2D eigenvalue weighted by molar-refractivity contribution is 5.27. The van der Waals surface area contributed by atoms with Crippen LogP contribution in [-0.2, 0) is 4.74 Å². The van der Waals surface area contributed by atoms with Crippen molar-refractivity contribution in [2.75, 3.05) is 20.2 Å². The molecule has 0 N–H and O–H groups in total. The minimum atomic E-state index is 0.757. The fourth-order valence-electron chi connectivity index (χ4n) is 1.22. The van der Waals surface area contributed by atoms with Crippen LogP contribution in [-0.4, -0.2) is 25.1 Å². The van der Waals surface area contributed by atoms with Gasteiger partial charge in [-0.1, -0.05) is 40.3 Å². The molecule has 0 unspecified atom stereocenters. The van der Waals surface area contributed by atoms with E-state index < -0.39 is 0 Å². The van der Waals surface area contributed by atoms with Gasteiger partial charge in [0.25, 0.3) is 0 Å². The van der Waals surface area contributed by atoms with Crippen molar-refractivity contribution in [1.29, 1.82) is 0 Å². The van der Waals surface area contributed by atoms with E-state index in [1.807, 2.05) is 59.9 Å². The Kier molecular flexibility index (Phi) is 12.8. The largest absolute Gasteiger partial charge is 0.490 e. The molecular weight excluding hydrogens is 198 g/mol. The Labute approximate surface area is 101 Å². The van der Waals surface area contributed by atoms with Gasteiger partial charge >= 0.3 is 0 Å². The molecule has 0 aromatic carbocycles. The summed E-state index contributed by atoms with van der Waals surface area (Å²) in [6.07, 6.45) is 5.76. The van der Waals surface area contributed by atoms with Crippen LogP contribution in [0.5, 0.6) is 0 Å². The van der Waals surface area contributed by atoms with Gasteiger partial charge in [0.2, 0.25) is 0 Å². The van der Waals surface area contributed by atoms with Crippen LogP contribution in [0.15, 0.2) is 36.3 Å². The maximum atomic E-state index is 5.47. The van der Waals surface area contributed by atoms with Gasteiger partial charge in [0.15, 0.2) is 0 Å². The number of hydrogen-bond acceptors (Lipinski definition) is 2. The van der Waals surface area contributed by atoms with Crippen molar-refractivity contribution in [3.63, 3.8) is 0 Å². The van der Waals surface area contributed by atoms with Crippen molar-refractivity contribution in [1.82, 2.24) is 4.90 Å². The van der Waals surface area contributed by atoms with E-state index >= 15 is 0 Å². The lowest BCUT2D eigenvalue weighted by molar-refractivity contribution is 0.157. The highest BCUT2D eigenvalue weighted by Gasteiger charge is 2.12. The summed E-state index contributed by atoms with van der Waals surface area (Å²) >= 11 is 0. The zero-order valence-electron chi connectivity index (χ0n) is 11.7. The average molecular weight is 225 g/mol. The van der Waals surface area contributed by atoms with Crippen LogP contribution in [0.3, 0.4) is 0 Å². The molecule has 0 saturated heterocycles. The van der Waals surface area contributed by atoms with E-state index in [1.165, 1.54) is 0 Å². The molecule has 0 fully saturated rings. The van der Waals surface area contributed by atoms with Gasteiger partial charge in [0.05, 0.1) is 12.2 Å². The Balaban J connectivity index is 0. The zero-order valence-corrected chi connectivity index (χ0v) is 11.7. The molecule has 0 saturated carbocycles. The van der Waals surface area contributed by atoms with Gasteiger partial charge in [-0.25, -0.2) is 0 Å². The summed E-state index contributed by atoms with van der Waals surface area (Å²) in [5, 5.41) is 0. The molecule has 1 heterocycles. The third kappa shape index (κ3) is 5.64. The van der Waals surface area contributed by atoms with Crippen molar-refractivity contribution in [2.45, 2.75) is 34.6 Å². The Morgan fingerprint density at radius 3 is 2.25 bits per heavy atom. The third-order valence-electron chi connectivity index (χ3n) is 1.86. The smallest absolute Gasteiger partial charge is 0.142 e. The molecule has 94 valence electrons. The summed E-state index contributed by atoms with van der Waals surface area (Å²) in [6.45, 7) is 15.4. The lowest BCUT2D eigenvalue weighted by Gasteiger charge is -2.27. The lowest BCUT2D eigenvalue weighted by Crippen LogP contribution is -2.27. The second kappa shape index (κ2) is 11.9. The summed E-state index contributed by atoms with van der Waals surface area (Å²) in [7, 11) is 2.04. The van der Waals surface area contributed by atoms with Gasteiger partial charge in [-0.3, -0.25) is 0 Å². The number of allylic oxidation sites excluding steroid dienone is 3. The maximum Gasteiger partial charge on any atom is 0.142 e. The third-order valence-corrected chi connectivity index (χ3v) is 1.86. The molecule has 1 rings (SSSR count). The van der Waals surface area contributed by atoms with Crippen LogP contribution in [0.4, 0.5) is 0 Å². The monoisotopic (exact) mass is 225 g/mol. The zero-order chi connectivity index (χ0) is 13.0. The predicted octanol–water partition coefficient (Wildman–Crippen LogP) is 3.97. The molecule has 0 aromatic heterocycles. The molecule has 0 aliphatic carbocycles. The number of rotatable bonds is 2. The topological polar surface area (TPSA) is 12.5 Å². The minimum Gasteiger partial charge on any atom is -0.490 e. The van der Waals surface area contributed by atoms with E-state index in [2.05, 4.69) is 11.5 Å². The number of nitrogens with zero attached hydrogens (tertiary/aromatic N) is 1. The highest BCUT2D eigenvalue weighted by Crippen LogP contribution is 2.17. The van der Waals surface area contributed by atoms with E-state index in [0.717, 1.165) is 24.6 Å². The van der Waals surface area contributed by atoms with Crippen LogP contribution in [0.25, 0.3) is 0 Å². The fourth-order valence-corrected chi connectivity index (χ4v) is 1.22. The van der Waals surface area contributed by atoms with Crippen molar-refractivity contribution >= 4 is 0 Å². The van der Waals surface area contributed by atoms with Crippen LogP contribution in [0.1, 0.15) is 34.6 Å². The molecule has 2 heteroatoms. The second-order valence-electron chi connectivity index (χ2n) is 2.72. The SMILES string of the molecule is C=CC1=C(/C=C\C)OCCN1C.CC.CC. The normalized spacial score (nSPS) is 14.5. The van der Waals surface area contributed by atoms with E-state index in [0.29, 0.717) is 0 Å². The van der Waals surface area contributed by atoms with Crippen molar-refractivity contribution in [3.8, 4) is 0 Å². The quantitative estimate of drug-likeness (QED) is 0.705. The predicted molar refractivity (Wildman–Crippen MR) is 73.3 cm³/mol. The van der Waals surface area contributed by atoms with E-state index in [4.69, 9.17) is 4.74 Å². The summed E-state index contributed by atoms with van der Waals surface area (Å²) in [6, 6.07) is 0. The first-order chi connectivity index (χ1) is 7.79. The van der Waals surface area contributed by atoms with Gasteiger partial charge in [0.1, 0.15) is 12.4 Å². The molecule has 0 radical (unpaired) electrons. The molecule has 1 aliphatic rings. The molecule has 0 spiro atoms. The van der Waals surface area contributed by atoms with Crippen molar-refractivity contribution in [2.24, 2.45) is 0 Å². The molecule has 2 nitrogen and oxygen atoms in total. The molecule has 0 amide bonds. The standard InChI is InChI=1S/C10H15NO.2C2H6/c1-4-6-10-9(5-2)11(3)7-8-12-10;2*1-2/h4-6H,2,7-8H2,1,3H3;2*1-2H3/b6-4-;;. The Morgan fingerprint density at radius 1 is 1.25 bits per heavy atom.